The number of anilines is 1. The van der Waals surface area contributed by atoms with E-state index in [0.29, 0.717) is 12.1 Å². The molecule has 0 saturated carbocycles. The highest BCUT2D eigenvalue weighted by Crippen LogP contribution is 2.36. The van der Waals surface area contributed by atoms with Gasteiger partial charge < -0.3 is 15.0 Å². The van der Waals surface area contributed by atoms with Crippen LogP contribution in [0.15, 0.2) is 0 Å². The van der Waals surface area contributed by atoms with Gasteiger partial charge in [-0.05, 0) is 32.6 Å². The smallest absolute Gasteiger partial charge is 0.186 e. The van der Waals surface area contributed by atoms with Crippen molar-refractivity contribution in [3.05, 3.63) is 10.6 Å². The van der Waals surface area contributed by atoms with E-state index in [0.717, 1.165) is 26.1 Å². The van der Waals surface area contributed by atoms with Crippen molar-refractivity contribution < 1.29 is 4.74 Å². The molecule has 21 heavy (non-hydrogen) atoms. The highest BCUT2D eigenvalue weighted by atomic mass is 32.1. The predicted molar refractivity (Wildman–Crippen MR) is 90.3 cm³/mol. The van der Waals surface area contributed by atoms with Crippen molar-refractivity contribution in [2.24, 2.45) is 0 Å². The van der Waals surface area contributed by atoms with E-state index in [1.165, 1.54) is 35.0 Å². The normalized spacial score (nSPS) is 22.2. The number of nitrogens with one attached hydrogen (secondary N) is 1. The van der Waals surface area contributed by atoms with Crippen molar-refractivity contribution in [3.8, 4) is 0 Å². The lowest BCUT2D eigenvalue weighted by molar-refractivity contribution is 0.199. The van der Waals surface area contributed by atoms with Crippen molar-refractivity contribution in [3.63, 3.8) is 0 Å². The van der Waals surface area contributed by atoms with Crippen LogP contribution < -0.4 is 10.2 Å². The van der Waals surface area contributed by atoms with Gasteiger partial charge in [0.1, 0.15) is 0 Å². The highest BCUT2D eigenvalue weighted by molar-refractivity contribution is 7.15. The van der Waals surface area contributed by atoms with Crippen molar-refractivity contribution in [2.75, 3.05) is 25.2 Å². The molecule has 0 bridgehead atoms. The van der Waals surface area contributed by atoms with Crippen LogP contribution in [-0.2, 0) is 17.7 Å². The van der Waals surface area contributed by atoms with E-state index in [-0.39, 0.29) is 0 Å². The van der Waals surface area contributed by atoms with Gasteiger partial charge in [-0.2, -0.15) is 0 Å². The summed E-state index contributed by atoms with van der Waals surface area (Å²) in [7, 11) is 1.74. The first-order chi connectivity index (χ1) is 10.2. The van der Waals surface area contributed by atoms with Crippen LogP contribution in [0.4, 0.5) is 5.13 Å². The molecule has 1 aromatic heterocycles. The first kappa shape index (κ1) is 16.7. The predicted octanol–water partition coefficient (Wildman–Crippen LogP) is 3.21. The molecule has 2 atom stereocenters. The number of aryl methyl sites for hydroxylation is 1. The van der Waals surface area contributed by atoms with Crippen LogP contribution in [0.25, 0.3) is 0 Å². The lowest BCUT2D eigenvalue weighted by atomic mass is 10.2. The topological polar surface area (TPSA) is 37.4 Å². The Balaban J connectivity index is 2.08. The minimum Gasteiger partial charge on any atom is -0.383 e. The Morgan fingerprint density at radius 3 is 2.86 bits per heavy atom. The number of thiazole rings is 1. The number of aromatic nitrogens is 1. The highest BCUT2D eigenvalue weighted by Gasteiger charge is 2.31. The van der Waals surface area contributed by atoms with E-state index in [9.17, 15) is 0 Å². The summed E-state index contributed by atoms with van der Waals surface area (Å²) in [6, 6.07) is 1.30. The van der Waals surface area contributed by atoms with Gasteiger partial charge in [-0.15, -0.1) is 11.3 Å². The minimum atomic E-state index is 0.625. The standard InChI is InChI=1S/C16H29N3OS/c1-5-13-8-7-12(3)19(13)16-18-14(6-2)15(21-16)11-17-9-10-20-4/h12-13,17H,5-11H2,1-4H3. The molecule has 0 amide bonds. The van der Waals surface area contributed by atoms with Crippen LogP contribution in [0.5, 0.6) is 0 Å². The summed E-state index contributed by atoms with van der Waals surface area (Å²) >= 11 is 1.87. The molecular formula is C16H29N3OS. The number of ether oxygens (including phenoxy) is 1. The SMILES string of the molecule is CCc1nc(N2C(C)CCC2CC)sc1CNCCOC. The molecule has 2 unspecified atom stereocenters. The molecule has 120 valence electrons. The maximum Gasteiger partial charge on any atom is 0.186 e. The summed E-state index contributed by atoms with van der Waals surface area (Å²) in [4.78, 5) is 8.88. The summed E-state index contributed by atoms with van der Waals surface area (Å²) in [5.74, 6) is 0. The molecule has 2 heterocycles. The first-order valence-corrected chi connectivity index (χ1v) is 8.99. The van der Waals surface area contributed by atoms with Gasteiger partial charge in [0.25, 0.3) is 0 Å². The zero-order chi connectivity index (χ0) is 15.2. The fraction of sp³-hybridized carbons (Fsp3) is 0.812. The van der Waals surface area contributed by atoms with Crippen LogP contribution in [0.3, 0.4) is 0 Å². The van der Waals surface area contributed by atoms with Gasteiger partial charge in [0.15, 0.2) is 5.13 Å². The molecule has 5 heteroatoms. The molecule has 0 radical (unpaired) electrons. The molecule has 1 aromatic rings. The molecule has 1 saturated heterocycles. The van der Waals surface area contributed by atoms with E-state index >= 15 is 0 Å². The van der Waals surface area contributed by atoms with Crippen LogP contribution in [-0.4, -0.2) is 37.3 Å². The summed E-state index contributed by atoms with van der Waals surface area (Å²) < 4.78 is 5.08. The lowest BCUT2D eigenvalue weighted by Gasteiger charge is -2.27. The third-order valence-corrected chi connectivity index (χ3v) is 5.46. The Bertz CT molecular complexity index is 435. The van der Waals surface area contributed by atoms with Gasteiger partial charge in [0.05, 0.1) is 12.3 Å². The molecule has 0 aliphatic carbocycles. The number of hydrogen-bond acceptors (Lipinski definition) is 5. The quantitative estimate of drug-likeness (QED) is 0.748. The van der Waals surface area contributed by atoms with E-state index in [1.54, 1.807) is 7.11 Å². The molecule has 0 spiro atoms. The van der Waals surface area contributed by atoms with Crippen molar-refractivity contribution in [2.45, 2.75) is 65.1 Å². The maximum atomic E-state index is 5.08. The Morgan fingerprint density at radius 1 is 1.38 bits per heavy atom. The van der Waals surface area contributed by atoms with Crippen molar-refractivity contribution >= 4 is 16.5 Å². The van der Waals surface area contributed by atoms with Crippen molar-refractivity contribution in [1.82, 2.24) is 10.3 Å². The summed E-state index contributed by atoms with van der Waals surface area (Å²) in [5.41, 5.74) is 1.26. The molecule has 0 aromatic carbocycles. The molecule has 2 rings (SSSR count). The zero-order valence-electron chi connectivity index (χ0n) is 13.8. The third kappa shape index (κ3) is 3.96. The summed E-state index contributed by atoms with van der Waals surface area (Å²) in [6.45, 7) is 9.38. The zero-order valence-corrected chi connectivity index (χ0v) is 14.6. The van der Waals surface area contributed by atoms with Crippen LogP contribution >= 0.6 is 11.3 Å². The van der Waals surface area contributed by atoms with E-state index in [4.69, 9.17) is 9.72 Å². The molecule has 1 aliphatic heterocycles. The third-order valence-electron chi connectivity index (χ3n) is 4.35. The Hall–Kier alpha value is -0.650. The average Bonchev–Trinajstić information content (AvgIpc) is 3.06. The number of rotatable bonds is 8. The van der Waals surface area contributed by atoms with Crippen molar-refractivity contribution in [1.29, 1.82) is 0 Å². The maximum absolute atomic E-state index is 5.08. The second kappa shape index (κ2) is 8.11. The fourth-order valence-corrected chi connectivity index (χ4v) is 4.38. The second-order valence-corrected chi connectivity index (χ2v) is 6.85. The van der Waals surface area contributed by atoms with Crippen LogP contribution in [0, 0.1) is 0 Å². The Kier molecular flexibility index (Phi) is 6.45. The van der Waals surface area contributed by atoms with Crippen LogP contribution in [0.1, 0.15) is 50.6 Å². The van der Waals surface area contributed by atoms with Gasteiger partial charge in [0.2, 0.25) is 0 Å². The Morgan fingerprint density at radius 2 is 2.19 bits per heavy atom. The van der Waals surface area contributed by atoms with E-state index in [1.807, 2.05) is 11.3 Å². The minimum absolute atomic E-state index is 0.625. The number of nitrogens with zero attached hydrogens (tertiary/aromatic N) is 2. The largest absolute Gasteiger partial charge is 0.383 e. The molecule has 1 fully saturated rings. The lowest BCUT2D eigenvalue weighted by Crippen LogP contribution is -2.33. The number of hydrogen-bond donors (Lipinski definition) is 1. The first-order valence-electron chi connectivity index (χ1n) is 8.17. The average molecular weight is 311 g/mol. The monoisotopic (exact) mass is 311 g/mol. The van der Waals surface area contributed by atoms with Crippen LogP contribution in [0.2, 0.25) is 0 Å². The molecular weight excluding hydrogens is 282 g/mol. The summed E-state index contributed by atoms with van der Waals surface area (Å²) in [6.07, 6.45) is 4.82. The molecule has 1 aliphatic rings. The van der Waals surface area contributed by atoms with Gasteiger partial charge in [-0.3, -0.25) is 0 Å². The number of methoxy groups -OCH3 is 1. The van der Waals surface area contributed by atoms with Gasteiger partial charge in [0, 0.05) is 37.2 Å². The van der Waals surface area contributed by atoms with Gasteiger partial charge in [-0.1, -0.05) is 13.8 Å². The summed E-state index contributed by atoms with van der Waals surface area (Å²) in [5, 5.41) is 4.67. The molecule has 1 N–H and O–H groups in total. The Labute approximate surface area is 132 Å². The van der Waals surface area contributed by atoms with E-state index < -0.39 is 0 Å². The molecule has 4 nitrogen and oxygen atoms in total. The van der Waals surface area contributed by atoms with Gasteiger partial charge >= 0.3 is 0 Å². The second-order valence-electron chi connectivity index (χ2n) is 5.79. The van der Waals surface area contributed by atoms with Gasteiger partial charge in [-0.25, -0.2) is 4.98 Å². The van der Waals surface area contributed by atoms with E-state index in [2.05, 4.69) is 31.0 Å². The fourth-order valence-electron chi connectivity index (χ4n) is 3.09.